The summed E-state index contributed by atoms with van der Waals surface area (Å²) in [4.78, 5) is 16.0. The van der Waals surface area contributed by atoms with Gasteiger partial charge >= 0.3 is 0 Å². The molecule has 5 rings (SSSR count). The van der Waals surface area contributed by atoms with Crippen molar-refractivity contribution >= 4 is 23.5 Å². The molecule has 0 aliphatic carbocycles. The van der Waals surface area contributed by atoms with Crippen LogP contribution in [0.3, 0.4) is 0 Å². The van der Waals surface area contributed by atoms with Gasteiger partial charge in [0.2, 0.25) is 0 Å². The van der Waals surface area contributed by atoms with Crippen LogP contribution in [0.15, 0.2) is 91.0 Å². The molecule has 0 atom stereocenters. The van der Waals surface area contributed by atoms with Crippen LogP contribution in [0, 0.1) is 0 Å². The number of carbonyl (C=O) groups is 1. The number of fused-ring (bicyclic) bond motifs is 1. The average molecular weight is 458 g/mol. The average Bonchev–Trinajstić information content (AvgIpc) is 3.30. The van der Waals surface area contributed by atoms with Gasteiger partial charge in [0, 0.05) is 29.3 Å². The number of aliphatic hydroxyl groups is 1. The third kappa shape index (κ3) is 4.92. The Hall–Kier alpha value is -4.00. The summed E-state index contributed by atoms with van der Waals surface area (Å²) in [6.45, 7) is 0. The summed E-state index contributed by atoms with van der Waals surface area (Å²) in [5.41, 5.74) is 4.34. The molecule has 6 nitrogen and oxygen atoms in total. The van der Waals surface area contributed by atoms with Gasteiger partial charge in [-0.25, -0.2) is 9.50 Å². The monoisotopic (exact) mass is 457 g/mol. The van der Waals surface area contributed by atoms with Crippen molar-refractivity contribution in [2.75, 3.05) is 7.11 Å². The first-order valence-electron chi connectivity index (χ1n) is 10.1. The van der Waals surface area contributed by atoms with E-state index >= 15 is 0 Å². The molecule has 2 aromatic heterocycles. The fourth-order valence-electron chi connectivity index (χ4n) is 3.34. The van der Waals surface area contributed by atoms with Gasteiger partial charge in [-0.1, -0.05) is 41.9 Å². The largest absolute Gasteiger partial charge is 0.457 e. The molecule has 0 aliphatic rings. The molecule has 0 radical (unpaired) electrons. The number of aldehydes is 1. The number of ether oxygens (including phenoxy) is 1. The van der Waals surface area contributed by atoms with Gasteiger partial charge in [-0.05, 0) is 54.6 Å². The zero-order valence-corrected chi connectivity index (χ0v) is 18.5. The highest BCUT2D eigenvalue weighted by molar-refractivity contribution is 6.30. The van der Waals surface area contributed by atoms with E-state index in [2.05, 4.69) is 10.1 Å². The van der Waals surface area contributed by atoms with Gasteiger partial charge in [0.15, 0.2) is 11.9 Å². The van der Waals surface area contributed by atoms with Gasteiger partial charge < -0.3 is 9.84 Å². The lowest BCUT2D eigenvalue weighted by atomic mass is 10.1. The zero-order chi connectivity index (χ0) is 23.2. The SMILES string of the molecule is CO.O=Cc1cc2nc(-c3ccc(Cl)cc3)cc(-c3ccc(Oc4ccccc4)cc3)n2n1. The van der Waals surface area contributed by atoms with Crippen LogP contribution in [0.4, 0.5) is 0 Å². The minimum atomic E-state index is 0.325. The van der Waals surface area contributed by atoms with E-state index in [1.807, 2.05) is 84.9 Å². The first-order valence-corrected chi connectivity index (χ1v) is 10.5. The summed E-state index contributed by atoms with van der Waals surface area (Å²) < 4.78 is 7.57. The van der Waals surface area contributed by atoms with E-state index in [1.165, 1.54) is 0 Å². The molecule has 0 saturated carbocycles. The lowest BCUT2D eigenvalue weighted by Gasteiger charge is -2.10. The van der Waals surface area contributed by atoms with Crippen LogP contribution >= 0.6 is 11.6 Å². The van der Waals surface area contributed by atoms with Crippen LogP contribution in [-0.2, 0) is 0 Å². The van der Waals surface area contributed by atoms with Crippen LogP contribution in [-0.4, -0.2) is 33.1 Å². The Bertz CT molecular complexity index is 1370. The number of benzene rings is 3. The quantitative estimate of drug-likeness (QED) is 0.331. The highest BCUT2D eigenvalue weighted by Crippen LogP contribution is 2.29. The second-order valence-electron chi connectivity index (χ2n) is 6.93. The van der Waals surface area contributed by atoms with Gasteiger partial charge in [0.1, 0.15) is 17.2 Å². The molecule has 0 amide bonds. The van der Waals surface area contributed by atoms with E-state index < -0.39 is 0 Å². The minimum absolute atomic E-state index is 0.325. The molecule has 0 spiro atoms. The van der Waals surface area contributed by atoms with Crippen molar-refractivity contribution in [3.8, 4) is 34.0 Å². The van der Waals surface area contributed by atoms with Gasteiger partial charge in [0.05, 0.1) is 11.4 Å². The van der Waals surface area contributed by atoms with Crippen molar-refractivity contribution < 1.29 is 14.6 Å². The number of hydrogen-bond donors (Lipinski definition) is 1. The fourth-order valence-corrected chi connectivity index (χ4v) is 3.47. The second kappa shape index (κ2) is 10.1. The number of aromatic nitrogens is 3. The maximum absolute atomic E-state index is 11.3. The molecular formula is C26H20ClN3O3. The third-order valence-electron chi connectivity index (χ3n) is 4.84. The lowest BCUT2D eigenvalue weighted by Crippen LogP contribution is -1.99. The van der Waals surface area contributed by atoms with E-state index in [-0.39, 0.29) is 0 Å². The van der Waals surface area contributed by atoms with Crippen LogP contribution in [0.2, 0.25) is 5.02 Å². The summed E-state index contributed by atoms with van der Waals surface area (Å²) >= 11 is 6.03. The first kappa shape index (κ1) is 22.2. The van der Waals surface area contributed by atoms with Crippen LogP contribution in [0.5, 0.6) is 11.5 Å². The fraction of sp³-hybridized carbons (Fsp3) is 0.0385. The normalized spacial score (nSPS) is 10.4. The van der Waals surface area contributed by atoms with Crippen LogP contribution in [0.1, 0.15) is 10.5 Å². The summed E-state index contributed by atoms with van der Waals surface area (Å²) in [6.07, 6.45) is 0.719. The molecule has 7 heteroatoms. The Balaban J connectivity index is 0.00000126. The molecule has 164 valence electrons. The number of hydrogen-bond acceptors (Lipinski definition) is 5. The number of carbonyl (C=O) groups excluding carboxylic acids is 1. The van der Waals surface area contributed by atoms with Crippen LogP contribution in [0.25, 0.3) is 28.2 Å². The van der Waals surface area contributed by atoms with Gasteiger partial charge in [-0.3, -0.25) is 4.79 Å². The Morgan fingerprint density at radius 1 is 0.848 bits per heavy atom. The Kier molecular flexibility index (Phi) is 6.78. The molecule has 5 aromatic rings. The second-order valence-corrected chi connectivity index (χ2v) is 7.37. The molecular weight excluding hydrogens is 438 g/mol. The number of halogens is 1. The number of rotatable bonds is 5. The molecule has 0 fully saturated rings. The van der Waals surface area contributed by atoms with Crippen LogP contribution < -0.4 is 4.74 Å². The Labute approximate surface area is 195 Å². The van der Waals surface area contributed by atoms with Crippen molar-refractivity contribution in [3.63, 3.8) is 0 Å². The van der Waals surface area contributed by atoms with E-state index in [0.717, 1.165) is 47.4 Å². The molecule has 0 bridgehead atoms. The van der Waals surface area contributed by atoms with E-state index in [9.17, 15) is 4.79 Å². The predicted octanol–water partition coefficient (Wildman–Crippen LogP) is 5.93. The molecule has 0 unspecified atom stereocenters. The van der Waals surface area contributed by atoms with Crippen molar-refractivity contribution in [1.29, 1.82) is 0 Å². The highest BCUT2D eigenvalue weighted by Gasteiger charge is 2.13. The molecule has 0 aliphatic heterocycles. The van der Waals surface area contributed by atoms with Gasteiger partial charge in [0.25, 0.3) is 0 Å². The van der Waals surface area contributed by atoms with Crippen molar-refractivity contribution in [3.05, 3.63) is 102 Å². The predicted molar refractivity (Wildman–Crippen MR) is 129 cm³/mol. The van der Waals surface area contributed by atoms with E-state index in [1.54, 1.807) is 10.6 Å². The Morgan fingerprint density at radius 3 is 2.15 bits per heavy atom. The minimum Gasteiger partial charge on any atom is -0.457 e. The molecule has 33 heavy (non-hydrogen) atoms. The van der Waals surface area contributed by atoms with E-state index in [0.29, 0.717) is 16.4 Å². The first-order chi connectivity index (χ1) is 16.2. The zero-order valence-electron chi connectivity index (χ0n) is 17.7. The Morgan fingerprint density at radius 2 is 1.48 bits per heavy atom. The molecule has 1 N–H and O–H groups in total. The summed E-state index contributed by atoms with van der Waals surface area (Å²) in [5, 5.41) is 12.0. The summed E-state index contributed by atoms with van der Waals surface area (Å²) in [7, 11) is 1.00. The van der Waals surface area contributed by atoms with E-state index in [4.69, 9.17) is 21.4 Å². The summed E-state index contributed by atoms with van der Waals surface area (Å²) in [6, 6.07) is 28.4. The third-order valence-corrected chi connectivity index (χ3v) is 5.09. The highest BCUT2D eigenvalue weighted by atomic mass is 35.5. The van der Waals surface area contributed by atoms with Gasteiger partial charge in [-0.15, -0.1) is 0 Å². The van der Waals surface area contributed by atoms with Gasteiger partial charge in [-0.2, -0.15) is 5.10 Å². The maximum atomic E-state index is 11.3. The standard InChI is InChI=1S/C25H16ClN3O2.CH4O/c26-19-10-6-17(7-11-19)23-15-24(29-25(27-23)14-20(16-30)28-29)18-8-12-22(13-9-18)31-21-4-2-1-3-5-21;1-2/h1-16H;2H,1H3. The lowest BCUT2D eigenvalue weighted by molar-refractivity contribution is 0.111. The van der Waals surface area contributed by atoms with Crippen molar-refractivity contribution in [2.24, 2.45) is 0 Å². The number of para-hydroxylation sites is 1. The number of aliphatic hydroxyl groups excluding tert-OH is 1. The molecule has 2 heterocycles. The van der Waals surface area contributed by atoms with Crippen molar-refractivity contribution in [1.82, 2.24) is 14.6 Å². The maximum Gasteiger partial charge on any atom is 0.170 e. The topological polar surface area (TPSA) is 76.7 Å². The summed E-state index contributed by atoms with van der Waals surface area (Å²) in [5.74, 6) is 1.50. The smallest absolute Gasteiger partial charge is 0.170 e. The van der Waals surface area contributed by atoms with Crippen molar-refractivity contribution in [2.45, 2.75) is 0 Å². The number of nitrogens with zero attached hydrogens (tertiary/aromatic N) is 3. The molecule has 0 saturated heterocycles. The molecule has 3 aromatic carbocycles.